The standard InChI is InChI=1S/C33H37N3O2/c1-6-23-7-9-24(10-8-23)22-34-27-15-11-25(12-16-27)32(26-13-17-28(18-14-26)35(2)3)30-20-19-29(36(4)5)21-31(30)33(37)38/h7-21,32,34H,6,22H2,1-5H3,(H,37,38). The monoisotopic (exact) mass is 507 g/mol. The second-order valence-corrected chi connectivity index (χ2v) is 10.0. The van der Waals surface area contributed by atoms with E-state index in [2.05, 4.69) is 89.9 Å². The lowest BCUT2D eigenvalue weighted by atomic mass is 9.82. The maximum Gasteiger partial charge on any atom is 0.336 e. The van der Waals surface area contributed by atoms with Gasteiger partial charge in [0.2, 0.25) is 0 Å². The van der Waals surface area contributed by atoms with E-state index in [4.69, 9.17) is 0 Å². The van der Waals surface area contributed by atoms with Crippen molar-refractivity contribution in [3.8, 4) is 0 Å². The van der Waals surface area contributed by atoms with E-state index < -0.39 is 5.97 Å². The molecule has 0 heterocycles. The number of aromatic carboxylic acids is 1. The highest BCUT2D eigenvalue weighted by molar-refractivity contribution is 5.91. The normalized spacial score (nSPS) is 11.6. The lowest BCUT2D eigenvalue weighted by molar-refractivity contribution is 0.0695. The van der Waals surface area contributed by atoms with Crippen LogP contribution in [0.1, 0.15) is 51.0 Å². The van der Waals surface area contributed by atoms with Gasteiger partial charge in [-0.2, -0.15) is 0 Å². The molecule has 0 aliphatic heterocycles. The van der Waals surface area contributed by atoms with Crippen LogP contribution in [0.15, 0.2) is 91.0 Å². The summed E-state index contributed by atoms with van der Waals surface area (Å²) in [6.45, 7) is 2.91. The number of carboxylic acid groups (broad SMARTS) is 1. The Labute approximate surface area is 226 Å². The molecule has 2 N–H and O–H groups in total. The molecular formula is C33H37N3O2. The molecule has 196 valence electrons. The molecule has 0 aliphatic rings. The molecule has 5 heteroatoms. The topological polar surface area (TPSA) is 55.8 Å². The number of hydrogen-bond acceptors (Lipinski definition) is 4. The minimum atomic E-state index is -0.925. The van der Waals surface area contributed by atoms with Crippen LogP contribution in [0.4, 0.5) is 17.1 Å². The zero-order chi connectivity index (χ0) is 27.2. The van der Waals surface area contributed by atoms with Gasteiger partial charge in [-0.25, -0.2) is 4.79 Å². The molecule has 38 heavy (non-hydrogen) atoms. The Kier molecular flexibility index (Phi) is 8.37. The van der Waals surface area contributed by atoms with Crippen molar-refractivity contribution >= 4 is 23.0 Å². The van der Waals surface area contributed by atoms with E-state index >= 15 is 0 Å². The molecule has 0 radical (unpaired) electrons. The Balaban J connectivity index is 1.68. The van der Waals surface area contributed by atoms with E-state index in [1.54, 1.807) is 6.07 Å². The largest absolute Gasteiger partial charge is 0.478 e. The third-order valence-corrected chi connectivity index (χ3v) is 7.01. The lowest BCUT2D eigenvalue weighted by Crippen LogP contribution is -2.14. The van der Waals surface area contributed by atoms with Crippen molar-refractivity contribution in [2.75, 3.05) is 43.3 Å². The molecule has 4 aromatic rings. The molecule has 5 nitrogen and oxygen atoms in total. The van der Waals surface area contributed by atoms with E-state index in [0.717, 1.165) is 46.7 Å². The first-order chi connectivity index (χ1) is 18.3. The van der Waals surface area contributed by atoms with Crippen LogP contribution in [0.2, 0.25) is 0 Å². The molecule has 0 saturated carbocycles. The Morgan fingerprint density at radius 1 is 0.737 bits per heavy atom. The van der Waals surface area contributed by atoms with Crippen LogP contribution in [0.5, 0.6) is 0 Å². The first-order valence-corrected chi connectivity index (χ1v) is 13.0. The fraction of sp³-hybridized carbons (Fsp3) is 0.242. The number of hydrogen-bond donors (Lipinski definition) is 2. The molecule has 4 rings (SSSR count). The molecule has 4 aromatic carbocycles. The number of nitrogens with one attached hydrogen (secondary N) is 1. The minimum absolute atomic E-state index is 0.218. The number of anilines is 3. The van der Waals surface area contributed by atoms with E-state index in [0.29, 0.717) is 5.56 Å². The lowest BCUT2D eigenvalue weighted by Gasteiger charge is -2.24. The number of nitrogens with zero attached hydrogens (tertiary/aromatic N) is 2. The summed E-state index contributed by atoms with van der Waals surface area (Å²) in [5.74, 6) is -1.14. The third kappa shape index (κ3) is 6.17. The Bertz CT molecular complexity index is 1360. The SMILES string of the molecule is CCc1ccc(CNc2ccc(C(c3ccc(N(C)C)cc3)c3ccc(N(C)C)cc3C(=O)O)cc2)cc1. The van der Waals surface area contributed by atoms with Crippen LogP contribution in [0.3, 0.4) is 0 Å². The second kappa shape index (κ2) is 11.9. The maximum absolute atomic E-state index is 12.4. The summed E-state index contributed by atoms with van der Waals surface area (Å²) in [6, 6.07) is 31.1. The van der Waals surface area contributed by atoms with Crippen LogP contribution < -0.4 is 15.1 Å². The third-order valence-electron chi connectivity index (χ3n) is 7.01. The molecule has 0 amide bonds. The molecule has 0 fully saturated rings. The zero-order valence-electron chi connectivity index (χ0n) is 22.9. The Morgan fingerprint density at radius 2 is 1.26 bits per heavy atom. The number of carbonyl (C=O) groups is 1. The predicted molar refractivity (Wildman–Crippen MR) is 159 cm³/mol. The van der Waals surface area contributed by atoms with Crippen LogP contribution in [0.25, 0.3) is 0 Å². The van der Waals surface area contributed by atoms with E-state index in [-0.39, 0.29) is 5.92 Å². The van der Waals surface area contributed by atoms with Gasteiger partial charge < -0.3 is 20.2 Å². The van der Waals surface area contributed by atoms with Crippen molar-refractivity contribution in [3.63, 3.8) is 0 Å². The Morgan fingerprint density at radius 3 is 1.79 bits per heavy atom. The van der Waals surface area contributed by atoms with Crippen LogP contribution in [0, 0.1) is 0 Å². The van der Waals surface area contributed by atoms with Gasteiger partial charge in [0.05, 0.1) is 5.56 Å². The van der Waals surface area contributed by atoms with Crippen LogP contribution in [-0.4, -0.2) is 39.3 Å². The van der Waals surface area contributed by atoms with Crippen molar-refractivity contribution in [3.05, 3.63) is 124 Å². The van der Waals surface area contributed by atoms with Gasteiger partial charge in [0.15, 0.2) is 0 Å². The van der Waals surface area contributed by atoms with Gasteiger partial charge in [0.25, 0.3) is 0 Å². The van der Waals surface area contributed by atoms with E-state index in [9.17, 15) is 9.90 Å². The van der Waals surface area contributed by atoms with Gasteiger partial charge in [-0.05, 0) is 70.6 Å². The predicted octanol–water partition coefficient (Wildman–Crippen LogP) is 6.87. The molecular weight excluding hydrogens is 470 g/mol. The molecule has 0 aromatic heterocycles. The minimum Gasteiger partial charge on any atom is -0.478 e. The summed E-state index contributed by atoms with van der Waals surface area (Å²) in [5.41, 5.74) is 8.73. The van der Waals surface area contributed by atoms with Gasteiger partial charge in [-0.1, -0.05) is 61.5 Å². The maximum atomic E-state index is 12.4. The molecule has 1 atom stereocenters. The van der Waals surface area contributed by atoms with Gasteiger partial charge in [0, 0.05) is 57.7 Å². The first kappa shape index (κ1) is 26.8. The zero-order valence-corrected chi connectivity index (χ0v) is 22.9. The summed E-state index contributed by atoms with van der Waals surface area (Å²) in [4.78, 5) is 16.4. The summed E-state index contributed by atoms with van der Waals surface area (Å²) >= 11 is 0. The van der Waals surface area contributed by atoms with Crippen molar-refractivity contribution in [2.24, 2.45) is 0 Å². The van der Waals surface area contributed by atoms with Gasteiger partial charge in [0.1, 0.15) is 0 Å². The highest BCUT2D eigenvalue weighted by Crippen LogP contribution is 2.36. The van der Waals surface area contributed by atoms with Crippen LogP contribution in [-0.2, 0) is 13.0 Å². The molecule has 0 saturated heterocycles. The average molecular weight is 508 g/mol. The van der Waals surface area contributed by atoms with Gasteiger partial charge in [-0.3, -0.25) is 0 Å². The first-order valence-electron chi connectivity index (χ1n) is 13.0. The Hall–Kier alpha value is -4.25. The van der Waals surface area contributed by atoms with E-state index in [1.807, 2.05) is 45.2 Å². The summed E-state index contributed by atoms with van der Waals surface area (Å²) < 4.78 is 0. The van der Waals surface area contributed by atoms with Crippen molar-refractivity contribution < 1.29 is 9.90 Å². The number of aryl methyl sites for hydroxylation is 1. The highest BCUT2D eigenvalue weighted by Gasteiger charge is 2.23. The number of rotatable bonds is 10. The van der Waals surface area contributed by atoms with Crippen molar-refractivity contribution in [1.82, 2.24) is 0 Å². The fourth-order valence-corrected chi connectivity index (χ4v) is 4.67. The van der Waals surface area contributed by atoms with E-state index in [1.165, 1.54) is 11.1 Å². The molecule has 0 spiro atoms. The quantitative estimate of drug-likeness (QED) is 0.229. The van der Waals surface area contributed by atoms with Crippen molar-refractivity contribution in [2.45, 2.75) is 25.8 Å². The van der Waals surface area contributed by atoms with Crippen molar-refractivity contribution in [1.29, 1.82) is 0 Å². The number of benzene rings is 4. The highest BCUT2D eigenvalue weighted by atomic mass is 16.4. The summed E-state index contributed by atoms with van der Waals surface area (Å²) in [7, 11) is 7.86. The molecule has 1 unspecified atom stereocenters. The van der Waals surface area contributed by atoms with Gasteiger partial charge in [-0.15, -0.1) is 0 Å². The molecule has 0 bridgehead atoms. The average Bonchev–Trinajstić information content (AvgIpc) is 2.93. The van der Waals surface area contributed by atoms with Gasteiger partial charge >= 0.3 is 5.97 Å². The summed E-state index contributed by atoms with van der Waals surface area (Å²) in [6.07, 6.45) is 1.04. The fourth-order valence-electron chi connectivity index (χ4n) is 4.67. The second-order valence-electron chi connectivity index (χ2n) is 10.0. The van der Waals surface area contributed by atoms with Crippen LogP contribution >= 0.6 is 0 Å². The molecule has 0 aliphatic carbocycles. The number of carboxylic acids is 1. The smallest absolute Gasteiger partial charge is 0.336 e. The summed E-state index contributed by atoms with van der Waals surface area (Å²) in [5, 5.41) is 13.7.